The molecule has 59 heavy (non-hydrogen) atoms. The van der Waals surface area contributed by atoms with Crippen LogP contribution in [0.5, 0.6) is 0 Å². The average molecular weight is 750 g/mol. The van der Waals surface area contributed by atoms with E-state index in [1.54, 1.807) is 0 Å². The highest BCUT2D eigenvalue weighted by molar-refractivity contribution is 6.12. The summed E-state index contributed by atoms with van der Waals surface area (Å²) in [4.78, 5) is 2.41. The molecule has 1 spiro atoms. The van der Waals surface area contributed by atoms with Crippen LogP contribution >= 0.6 is 0 Å². The Balaban J connectivity index is 1.16. The molecule has 1 atom stereocenters. The van der Waals surface area contributed by atoms with Crippen molar-refractivity contribution < 1.29 is 4.42 Å². The Bertz CT molecular complexity index is 3520. The van der Waals surface area contributed by atoms with Crippen molar-refractivity contribution in [2.24, 2.45) is 0 Å². The number of furan rings is 1. The molecule has 0 saturated carbocycles. The molecular weight excluding hydrogens is 715 g/mol. The lowest BCUT2D eigenvalue weighted by Gasteiger charge is -2.42. The minimum Gasteiger partial charge on any atom is -0.456 e. The van der Waals surface area contributed by atoms with Crippen LogP contribution in [-0.2, 0) is 5.41 Å². The zero-order valence-corrected chi connectivity index (χ0v) is 32.1. The summed E-state index contributed by atoms with van der Waals surface area (Å²) in [7, 11) is 0. The summed E-state index contributed by atoms with van der Waals surface area (Å²) < 4.78 is 6.32. The summed E-state index contributed by atoms with van der Waals surface area (Å²) in [6.45, 7) is 0. The lowest BCUT2D eigenvalue weighted by atomic mass is 9.60. The molecule has 0 radical (unpaired) electrons. The molecule has 2 nitrogen and oxygen atoms in total. The quantitative estimate of drug-likeness (QED) is 0.178. The standard InChI is InChI=1S/C57H35NO/c1-2-17-38(18-3-1)58(39-30-33-54-49(34-39)46-22-8-11-27-53(46)59-54)40-29-32-45-43-20-6-9-25-50(43)57(52(45)35-40)51-26-10-7-21-44(51)47-24-13-16-37-28-31-48(56(57)55(37)47)42-23-12-15-36-14-4-5-19-41(36)42/h1-35H. The third-order valence-corrected chi connectivity index (χ3v) is 13.0. The first-order valence-electron chi connectivity index (χ1n) is 20.4. The Morgan fingerprint density at radius 3 is 1.75 bits per heavy atom. The van der Waals surface area contributed by atoms with Gasteiger partial charge in [-0.15, -0.1) is 0 Å². The second kappa shape index (κ2) is 12.2. The van der Waals surface area contributed by atoms with Crippen molar-refractivity contribution >= 4 is 60.5 Å². The molecule has 13 rings (SSSR count). The highest BCUT2D eigenvalue weighted by Crippen LogP contribution is 2.64. The lowest BCUT2D eigenvalue weighted by molar-refractivity contribution is 0.669. The van der Waals surface area contributed by atoms with Crippen molar-refractivity contribution in [2.45, 2.75) is 5.41 Å². The molecule has 2 aliphatic rings. The first-order valence-corrected chi connectivity index (χ1v) is 20.4. The molecule has 1 heterocycles. The minimum atomic E-state index is -0.619. The number of nitrogens with zero attached hydrogens (tertiary/aromatic N) is 1. The lowest BCUT2D eigenvalue weighted by Crippen LogP contribution is -2.32. The van der Waals surface area contributed by atoms with E-state index in [9.17, 15) is 0 Å². The van der Waals surface area contributed by atoms with E-state index < -0.39 is 5.41 Å². The fraction of sp³-hybridized carbons (Fsp3) is 0.0175. The number of rotatable bonds is 4. The molecule has 0 fully saturated rings. The molecule has 11 aromatic rings. The van der Waals surface area contributed by atoms with Gasteiger partial charge in [0.05, 0.1) is 5.41 Å². The van der Waals surface area contributed by atoms with E-state index in [-0.39, 0.29) is 0 Å². The Kier molecular flexibility index (Phi) is 6.68. The number of anilines is 3. The molecule has 10 aromatic carbocycles. The summed E-state index contributed by atoms with van der Waals surface area (Å²) in [5.41, 5.74) is 17.3. The molecule has 0 N–H and O–H groups in total. The van der Waals surface area contributed by atoms with Crippen molar-refractivity contribution in [2.75, 3.05) is 4.90 Å². The Morgan fingerprint density at radius 1 is 0.322 bits per heavy atom. The number of hydrogen-bond acceptors (Lipinski definition) is 2. The van der Waals surface area contributed by atoms with Crippen LogP contribution in [0.4, 0.5) is 17.1 Å². The molecule has 2 aliphatic carbocycles. The first-order chi connectivity index (χ1) is 29.3. The maximum atomic E-state index is 6.32. The molecule has 274 valence electrons. The number of benzene rings is 10. The summed E-state index contributed by atoms with van der Waals surface area (Å²) in [5.74, 6) is 0. The van der Waals surface area contributed by atoms with Crippen LogP contribution in [0.1, 0.15) is 22.3 Å². The normalized spacial score (nSPS) is 14.8. The predicted octanol–water partition coefficient (Wildman–Crippen LogP) is 15.4. The van der Waals surface area contributed by atoms with Crippen LogP contribution in [0.15, 0.2) is 217 Å². The molecule has 0 bridgehead atoms. The van der Waals surface area contributed by atoms with Crippen LogP contribution in [0.3, 0.4) is 0 Å². The van der Waals surface area contributed by atoms with E-state index in [4.69, 9.17) is 4.42 Å². The minimum absolute atomic E-state index is 0.619. The number of para-hydroxylation sites is 2. The smallest absolute Gasteiger partial charge is 0.135 e. The van der Waals surface area contributed by atoms with Crippen molar-refractivity contribution in [3.8, 4) is 33.4 Å². The summed E-state index contributed by atoms with van der Waals surface area (Å²) in [5, 5.41) is 7.30. The van der Waals surface area contributed by atoms with Gasteiger partial charge in [-0.3, -0.25) is 0 Å². The summed E-state index contributed by atoms with van der Waals surface area (Å²) in [6.07, 6.45) is 0. The third kappa shape index (κ3) is 4.40. The fourth-order valence-corrected chi connectivity index (χ4v) is 10.7. The number of hydrogen-bond donors (Lipinski definition) is 0. The van der Waals surface area contributed by atoms with E-state index >= 15 is 0 Å². The Labute approximate surface area is 341 Å². The van der Waals surface area contributed by atoms with Crippen LogP contribution in [0.25, 0.3) is 76.9 Å². The first kappa shape index (κ1) is 32.4. The molecule has 1 aromatic heterocycles. The molecule has 0 aliphatic heterocycles. The van der Waals surface area contributed by atoms with E-state index in [1.165, 1.54) is 77.2 Å². The van der Waals surface area contributed by atoms with Gasteiger partial charge in [0.1, 0.15) is 11.2 Å². The van der Waals surface area contributed by atoms with Crippen molar-refractivity contribution in [1.29, 1.82) is 0 Å². The second-order valence-electron chi connectivity index (χ2n) is 15.9. The van der Waals surface area contributed by atoms with Crippen LogP contribution < -0.4 is 4.90 Å². The zero-order valence-electron chi connectivity index (χ0n) is 32.1. The summed E-state index contributed by atoms with van der Waals surface area (Å²) >= 11 is 0. The Morgan fingerprint density at radius 2 is 0.898 bits per heavy atom. The topological polar surface area (TPSA) is 16.4 Å². The van der Waals surface area contributed by atoms with Gasteiger partial charge in [-0.25, -0.2) is 0 Å². The van der Waals surface area contributed by atoms with Crippen molar-refractivity contribution in [3.63, 3.8) is 0 Å². The van der Waals surface area contributed by atoms with Gasteiger partial charge >= 0.3 is 0 Å². The predicted molar refractivity (Wildman–Crippen MR) is 245 cm³/mol. The van der Waals surface area contributed by atoms with Crippen molar-refractivity contribution in [1.82, 2.24) is 0 Å². The average Bonchev–Trinajstić information content (AvgIpc) is 3.81. The van der Waals surface area contributed by atoms with E-state index in [0.29, 0.717) is 0 Å². The van der Waals surface area contributed by atoms with E-state index in [2.05, 4.69) is 211 Å². The van der Waals surface area contributed by atoms with Crippen LogP contribution in [0, 0.1) is 0 Å². The molecular formula is C57H35NO. The highest BCUT2D eigenvalue weighted by Gasteiger charge is 2.51. The van der Waals surface area contributed by atoms with Gasteiger partial charge in [0.2, 0.25) is 0 Å². The zero-order chi connectivity index (χ0) is 38.7. The maximum Gasteiger partial charge on any atom is 0.135 e. The molecule has 1 unspecified atom stereocenters. The van der Waals surface area contributed by atoms with Gasteiger partial charge in [0.15, 0.2) is 0 Å². The van der Waals surface area contributed by atoms with E-state index in [1.807, 2.05) is 6.07 Å². The van der Waals surface area contributed by atoms with Gasteiger partial charge < -0.3 is 9.32 Å². The van der Waals surface area contributed by atoms with Crippen LogP contribution in [0.2, 0.25) is 0 Å². The van der Waals surface area contributed by atoms with Crippen molar-refractivity contribution in [3.05, 3.63) is 235 Å². The van der Waals surface area contributed by atoms with Gasteiger partial charge in [0.25, 0.3) is 0 Å². The second-order valence-corrected chi connectivity index (χ2v) is 15.9. The molecule has 2 heteroatoms. The SMILES string of the molecule is c1ccc(N(c2ccc3c(c2)C2(c4ccccc4-3)c3ccccc3-c3cccc4ccc(-c5cccc6ccccc56)c2c34)c2ccc3oc4ccccc4c3c2)cc1. The van der Waals surface area contributed by atoms with E-state index in [0.717, 1.165) is 39.0 Å². The Hall–Kier alpha value is -7.68. The molecule has 0 saturated heterocycles. The summed E-state index contributed by atoms with van der Waals surface area (Å²) in [6, 6.07) is 78.4. The highest BCUT2D eigenvalue weighted by atomic mass is 16.3. The van der Waals surface area contributed by atoms with Crippen LogP contribution in [-0.4, -0.2) is 0 Å². The molecule has 0 amide bonds. The largest absolute Gasteiger partial charge is 0.456 e. The third-order valence-electron chi connectivity index (χ3n) is 13.0. The van der Waals surface area contributed by atoms with Gasteiger partial charge in [-0.1, -0.05) is 164 Å². The van der Waals surface area contributed by atoms with Gasteiger partial charge in [-0.05, 0) is 126 Å². The van der Waals surface area contributed by atoms with Gasteiger partial charge in [0, 0.05) is 27.8 Å². The number of fused-ring (bicyclic) bond motifs is 13. The maximum absolute atomic E-state index is 6.32. The fourth-order valence-electron chi connectivity index (χ4n) is 10.7. The monoisotopic (exact) mass is 749 g/mol. The van der Waals surface area contributed by atoms with Gasteiger partial charge in [-0.2, -0.15) is 0 Å².